The molecule has 0 aliphatic heterocycles. The highest BCUT2D eigenvalue weighted by molar-refractivity contribution is 4.90. The minimum absolute atomic E-state index is 0.116. The van der Waals surface area contributed by atoms with Crippen LogP contribution in [0.4, 0.5) is 13.2 Å². The van der Waals surface area contributed by atoms with E-state index >= 15 is 0 Å². The van der Waals surface area contributed by atoms with E-state index in [4.69, 9.17) is 0 Å². The van der Waals surface area contributed by atoms with E-state index in [2.05, 4.69) is 5.32 Å². The molecule has 0 aromatic carbocycles. The van der Waals surface area contributed by atoms with E-state index < -0.39 is 12.7 Å². The second-order valence-corrected chi connectivity index (χ2v) is 4.39. The van der Waals surface area contributed by atoms with Crippen LogP contribution in [0.3, 0.4) is 0 Å². The van der Waals surface area contributed by atoms with Gasteiger partial charge < -0.3 is 5.32 Å². The molecule has 1 aliphatic rings. The van der Waals surface area contributed by atoms with Gasteiger partial charge in [0, 0.05) is 6.04 Å². The summed E-state index contributed by atoms with van der Waals surface area (Å²) in [5.74, 6) is 0.391. The lowest BCUT2D eigenvalue weighted by atomic mass is 9.78. The summed E-state index contributed by atoms with van der Waals surface area (Å²) in [6.45, 7) is 5.25. The molecule has 96 valence electrons. The molecule has 16 heavy (non-hydrogen) atoms. The molecular formula is C11H21F3N2. The summed E-state index contributed by atoms with van der Waals surface area (Å²) in [6, 6.07) is 0.116. The highest BCUT2D eigenvalue weighted by Gasteiger charge is 2.39. The quantitative estimate of drug-likeness (QED) is 0.763. The first-order chi connectivity index (χ1) is 7.48. The Hall–Kier alpha value is -0.290. The summed E-state index contributed by atoms with van der Waals surface area (Å²) in [4.78, 5) is 1.56. The first-order valence-corrected chi connectivity index (χ1v) is 5.99. The van der Waals surface area contributed by atoms with E-state index in [0.717, 1.165) is 25.9 Å². The zero-order valence-electron chi connectivity index (χ0n) is 9.98. The van der Waals surface area contributed by atoms with Crippen molar-refractivity contribution in [1.29, 1.82) is 0 Å². The molecule has 0 bridgehead atoms. The smallest absolute Gasteiger partial charge is 0.317 e. The van der Waals surface area contributed by atoms with Crippen LogP contribution in [-0.4, -0.2) is 43.3 Å². The van der Waals surface area contributed by atoms with Crippen molar-refractivity contribution in [2.24, 2.45) is 5.92 Å². The Bertz CT molecular complexity index is 206. The Morgan fingerprint density at radius 1 is 1.25 bits per heavy atom. The van der Waals surface area contributed by atoms with Crippen molar-refractivity contribution in [3.63, 3.8) is 0 Å². The zero-order valence-corrected chi connectivity index (χ0v) is 9.98. The highest BCUT2D eigenvalue weighted by Crippen LogP contribution is 2.33. The standard InChI is InChI=1S/C11H21F3N2/c1-3-15-7-9-5-6-10(9)16(4-2)8-11(12,13)14/h9-10,15H,3-8H2,1-2H3. The number of nitrogens with zero attached hydrogens (tertiary/aromatic N) is 1. The molecule has 2 nitrogen and oxygen atoms in total. The van der Waals surface area contributed by atoms with Gasteiger partial charge in [-0.2, -0.15) is 13.2 Å². The number of nitrogens with one attached hydrogen (secondary N) is 1. The summed E-state index contributed by atoms with van der Waals surface area (Å²) >= 11 is 0. The van der Waals surface area contributed by atoms with Crippen LogP contribution in [0.1, 0.15) is 26.7 Å². The zero-order chi connectivity index (χ0) is 12.2. The van der Waals surface area contributed by atoms with E-state index in [-0.39, 0.29) is 6.04 Å². The van der Waals surface area contributed by atoms with Crippen LogP contribution in [-0.2, 0) is 0 Å². The van der Waals surface area contributed by atoms with Crippen LogP contribution >= 0.6 is 0 Å². The van der Waals surface area contributed by atoms with Gasteiger partial charge in [-0.25, -0.2) is 0 Å². The lowest BCUT2D eigenvalue weighted by molar-refractivity contribution is -0.157. The van der Waals surface area contributed by atoms with E-state index in [0.29, 0.717) is 12.5 Å². The van der Waals surface area contributed by atoms with Crippen LogP contribution in [0, 0.1) is 5.92 Å². The summed E-state index contributed by atoms with van der Waals surface area (Å²) < 4.78 is 37.0. The van der Waals surface area contributed by atoms with Gasteiger partial charge in [0.1, 0.15) is 0 Å². The van der Waals surface area contributed by atoms with Gasteiger partial charge in [-0.05, 0) is 38.4 Å². The van der Waals surface area contributed by atoms with Crippen LogP contribution in [0.25, 0.3) is 0 Å². The fourth-order valence-electron chi connectivity index (χ4n) is 2.29. The highest BCUT2D eigenvalue weighted by atomic mass is 19.4. The molecule has 1 fully saturated rings. The first kappa shape index (κ1) is 13.8. The lowest BCUT2D eigenvalue weighted by Crippen LogP contribution is -2.52. The van der Waals surface area contributed by atoms with Gasteiger partial charge in [-0.3, -0.25) is 4.90 Å². The third kappa shape index (κ3) is 3.94. The molecule has 0 aromatic heterocycles. The van der Waals surface area contributed by atoms with E-state index in [1.807, 2.05) is 6.92 Å². The summed E-state index contributed by atoms with van der Waals surface area (Å²) in [6.07, 6.45) is -2.12. The number of hydrogen-bond acceptors (Lipinski definition) is 2. The van der Waals surface area contributed by atoms with E-state index in [9.17, 15) is 13.2 Å². The van der Waals surface area contributed by atoms with Gasteiger partial charge in [-0.15, -0.1) is 0 Å². The molecule has 2 atom stereocenters. The van der Waals surface area contributed by atoms with E-state index in [1.165, 1.54) is 0 Å². The summed E-state index contributed by atoms with van der Waals surface area (Å²) in [5, 5.41) is 3.21. The monoisotopic (exact) mass is 238 g/mol. The van der Waals surface area contributed by atoms with Gasteiger partial charge in [0.25, 0.3) is 0 Å². The van der Waals surface area contributed by atoms with Crippen molar-refractivity contribution in [3.8, 4) is 0 Å². The molecule has 0 aromatic rings. The van der Waals surface area contributed by atoms with Crippen molar-refractivity contribution in [2.75, 3.05) is 26.2 Å². The van der Waals surface area contributed by atoms with E-state index in [1.54, 1.807) is 11.8 Å². The number of rotatable bonds is 6. The van der Waals surface area contributed by atoms with Crippen molar-refractivity contribution < 1.29 is 13.2 Å². The molecule has 1 aliphatic carbocycles. The molecule has 2 unspecified atom stereocenters. The van der Waals surface area contributed by atoms with Gasteiger partial charge in [0.15, 0.2) is 0 Å². The number of halogens is 3. The van der Waals surface area contributed by atoms with Gasteiger partial charge in [0.2, 0.25) is 0 Å². The minimum atomic E-state index is -4.08. The summed E-state index contributed by atoms with van der Waals surface area (Å²) in [7, 11) is 0. The van der Waals surface area contributed by atoms with Crippen LogP contribution < -0.4 is 5.32 Å². The van der Waals surface area contributed by atoms with Gasteiger partial charge in [-0.1, -0.05) is 13.8 Å². The van der Waals surface area contributed by atoms with Crippen molar-refractivity contribution in [3.05, 3.63) is 0 Å². The molecule has 1 saturated carbocycles. The maximum absolute atomic E-state index is 12.3. The molecule has 0 saturated heterocycles. The molecule has 1 N–H and O–H groups in total. The Labute approximate surface area is 95.2 Å². The fourth-order valence-corrected chi connectivity index (χ4v) is 2.29. The number of alkyl halides is 3. The normalized spacial score (nSPS) is 25.9. The Balaban J connectivity index is 2.41. The average Bonchev–Trinajstić information content (AvgIpc) is 2.13. The predicted molar refractivity (Wildman–Crippen MR) is 58.4 cm³/mol. The van der Waals surface area contributed by atoms with Crippen LogP contribution in [0.2, 0.25) is 0 Å². The van der Waals surface area contributed by atoms with Crippen molar-refractivity contribution in [2.45, 2.75) is 38.9 Å². The minimum Gasteiger partial charge on any atom is -0.317 e. The molecule has 0 spiro atoms. The third-order valence-electron chi connectivity index (χ3n) is 3.29. The second kappa shape index (κ2) is 5.87. The molecule has 0 radical (unpaired) electrons. The molecule has 1 rings (SSSR count). The van der Waals surface area contributed by atoms with Crippen LogP contribution in [0.15, 0.2) is 0 Å². The van der Waals surface area contributed by atoms with Crippen LogP contribution in [0.5, 0.6) is 0 Å². The largest absolute Gasteiger partial charge is 0.401 e. The lowest BCUT2D eigenvalue weighted by Gasteiger charge is -2.44. The Morgan fingerprint density at radius 3 is 2.31 bits per heavy atom. The number of hydrogen-bond donors (Lipinski definition) is 1. The maximum atomic E-state index is 12.3. The van der Waals surface area contributed by atoms with Gasteiger partial charge >= 0.3 is 6.18 Å². The molecule has 0 amide bonds. The topological polar surface area (TPSA) is 15.3 Å². The molecule has 0 heterocycles. The SMILES string of the molecule is CCNCC1CCC1N(CC)CC(F)(F)F. The first-order valence-electron chi connectivity index (χ1n) is 5.99. The third-order valence-corrected chi connectivity index (χ3v) is 3.29. The van der Waals surface area contributed by atoms with Crippen molar-refractivity contribution in [1.82, 2.24) is 10.2 Å². The van der Waals surface area contributed by atoms with Gasteiger partial charge in [0.05, 0.1) is 6.54 Å². The fraction of sp³-hybridized carbons (Fsp3) is 1.00. The van der Waals surface area contributed by atoms with Crippen molar-refractivity contribution >= 4 is 0 Å². The Kier molecular flexibility index (Phi) is 5.05. The Morgan fingerprint density at radius 2 is 1.94 bits per heavy atom. The maximum Gasteiger partial charge on any atom is 0.401 e. The average molecular weight is 238 g/mol. The predicted octanol–water partition coefficient (Wildman–Crippen LogP) is 2.26. The summed E-state index contributed by atoms with van der Waals surface area (Å²) in [5.41, 5.74) is 0. The molecular weight excluding hydrogens is 217 g/mol. The second-order valence-electron chi connectivity index (χ2n) is 4.39. The molecule has 5 heteroatoms.